The van der Waals surface area contributed by atoms with E-state index in [9.17, 15) is 0 Å². The Morgan fingerprint density at radius 1 is 1.71 bits per heavy atom. The molecule has 3 heteroatoms. The average Bonchev–Trinajstić information content (AvgIpc) is 1.35. The molecule has 0 aliphatic carbocycles. The Hall–Kier alpha value is 0.803. The predicted molar refractivity (Wildman–Crippen MR) is 23.3 cm³/mol. The topological polar surface area (TPSA) is 29.5 Å². The fourth-order valence-electron chi connectivity index (χ4n) is 0.241. The Morgan fingerprint density at radius 3 is 2.14 bits per heavy atom. The van der Waals surface area contributed by atoms with Gasteiger partial charge in [0.1, 0.15) is 0 Å². The van der Waals surface area contributed by atoms with Crippen LogP contribution >= 0.6 is 0 Å². The second kappa shape index (κ2) is 6.80. The summed E-state index contributed by atoms with van der Waals surface area (Å²) in [6.07, 6.45) is -0.602. The van der Waals surface area contributed by atoms with E-state index in [0.717, 1.165) is 0 Å². The molecule has 0 spiro atoms. The fourth-order valence-corrected chi connectivity index (χ4v) is 0.241. The van der Waals surface area contributed by atoms with E-state index in [1.54, 1.807) is 6.92 Å². The minimum atomic E-state index is -0.602. The van der Waals surface area contributed by atoms with Crippen molar-refractivity contribution in [3.63, 3.8) is 0 Å². The van der Waals surface area contributed by atoms with Gasteiger partial charge in [-0.3, -0.25) is 0 Å². The molecule has 0 fully saturated rings. The van der Waals surface area contributed by atoms with Crippen molar-refractivity contribution in [2.75, 3.05) is 6.61 Å². The van der Waals surface area contributed by atoms with Crippen molar-refractivity contribution in [2.24, 2.45) is 0 Å². The molecule has 7 heavy (non-hydrogen) atoms. The molecule has 2 nitrogen and oxygen atoms in total. The standard InChI is InChI=1S/C4H10O2.Zr/c1-3-6-4(2)5;/h4-5H,3H2,1-2H3;. The van der Waals surface area contributed by atoms with Crippen molar-refractivity contribution >= 4 is 0 Å². The van der Waals surface area contributed by atoms with Gasteiger partial charge in [-0.05, 0) is 13.8 Å². The summed E-state index contributed by atoms with van der Waals surface area (Å²) >= 11 is 0. The van der Waals surface area contributed by atoms with Crippen molar-refractivity contribution in [3.05, 3.63) is 0 Å². The molecule has 1 atom stereocenters. The minimum Gasteiger partial charge on any atom is -0.368 e. The summed E-state index contributed by atoms with van der Waals surface area (Å²) in [6.45, 7) is 4.01. The zero-order chi connectivity index (χ0) is 4.99. The first-order chi connectivity index (χ1) is 2.77. The summed E-state index contributed by atoms with van der Waals surface area (Å²) in [5.41, 5.74) is 0. The fraction of sp³-hybridized carbons (Fsp3) is 1.00. The third-order valence-corrected chi connectivity index (χ3v) is 0.408. The van der Waals surface area contributed by atoms with Crippen molar-refractivity contribution in [1.29, 1.82) is 0 Å². The normalized spacial score (nSPS) is 12.4. The van der Waals surface area contributed by atoms with Gasteiger partial charge in [0.15, 0.2) is 6.29 Å². The van der Waals surface area contributed by atoms with Crippen LogP contribution in [0, 0.1) is 0 Å². The molecule has 0 rings (SSSR count). The molecule has 0 saturated carbocycles. The summed E-state index contributed by atoms with van der Waals surface area (Å²) in [7, 11) is 0. The van der Waals surface area contributed by atoms with Crippen LogP contribution in [0.5, 0.6) is 0 Å². The average molecular weight is 181 g/mol. The van der Waals surface area contributed by atoms with Gasteiger partial charge in [0.05, 0.1) is 0 Å². The van der Waals surface area contributed by atoms with Gasteiger partial charge >= 0.3 is 0 Å². The van der Waals surface area contributed by atoms with E-state index in [1.165, 1.54) is 0 Å². The molecule has 0 aliphatic heterocycles. The molecule has 0 aromatic heterocycles. The first-order valence-electron chi connectivity index (χ1n) is 2.07. The maximum Gasteiger partial charge on any atom is 0.151 e. The molecule has 0 aromatic rings. The van der Waals surface area contributed by atoms with E-state index in [-0.39, 0.29) is 26.2 Å². The third-order valence-electron chi connectivity index (χ3n) is 0.408. The van der Waals surface area contributed by atoms with E-state index in [1.807, 2.05) is 6.92 Å². The van der Waals surface area contributed by atoms with Gasteiger partial charge in [-0.15, -0.1) is 0 Å². The number of hydrogen-bond donors (Lipinski definition) is 1. The summed E-state index contributed by atoms with van der Waals surface area (Å²) in [6, 6.07) is 0. The second-order valence-corrected chi connectivity index (χ2v) is 1.05. The zero-order valence-corrected chi connectivity index (χ0v) is 7.10. The van der Waals surface area contributed by atoms with Crippen molar-refractivity contribution in [1.82, 2.24) is 0 Å². The molecule has 42 valence electrons. The summed E-state index contributed by atoms with van der Waals surface area (Å²) in [5, 5.41) is 8.33. The predicted octanol–water partition coefficient (Wildman–Crippen LogP) is 0.359. The van der Waals surface area contributed by atoms with E-state index in [0.29, 0.717) is 6.61 Å². The zero-order valence-electron chi connectivity index (χ0n) is 4.64. The van der Waals surface area contributed by atoms with Crippen molar-refractivity contribution < 1.29 is 36.0 Å². The van der Waals surface area contributed by atoms with Gasteiger partial charge < -0.3 is 9.84 Å². The monoisotopic (exact) mass is 180 g/mol. The number of rotatable bonds is 2. The smallest absolute Gasteiger partial charge is 0.151 e. The molecule has 1 unspecified atom stereocenters. The van der Waals surface area contributed by atoms with Gasteiger partial charge in [0.2, 0.25) is 0 Å². The molecule has 0 aromatic carbocycles. The Bertz CT molecular complexity index is 30.9. The SMILES string of the molecule is CCOC(C)O.[Zr]. The van der Waals surface area contributed by atoms with Crippen molar-refractivity contribution in [2.45, 2.75) is 20.1 Å². The third kappa shape index (κ3) is 10.9. The Balaban J connectivity index is 0. The molecule has 0 heterocycles. The molecule has 1 N–H and O–H groups in total. The number of hydrogen-bond acceptors (Lipinski definition) is 2. The first-order valence-corrected chi connectivity index (χ1v) is 2.07. The van der Waals surface area contributed by atoms with E-state index in [4.69, 9.17) is 5.11 Å². The molecule has 0 amide bonds. The molecule has 0 saturated heterocycles. The van der Waals surface area contributed by atoms with E-state index in [2.05, 4.69) is 4.74 Å². The maximum atomic E-state index is 8.33. The van der Waals surface area contributed by atoms with Crippen LogP contribution in [0.15, 0.2) is 0 Å². The summed E-state index contributed by atoms with van der Waals surface area (Å²) in [5.74, 6) is 0. The van der Waals surface area contributed by atoms with Crippen LogP contribution in [0.3, 0.4) is 0 Å². The van der Waals surface area contributed by atoms with Crippen LogP contribution in [0.1, 0.15) is 13.8 Å². The Kier molecular flexibility index (Phi) is 10.4. The van der Waals surface area contributed by atoms with E-state index < -0.39 is 6.29 Å². The van der Waals surface area contributed by atoms with Crippen LogP contribution in [0.25, 0.3) is 0 Å². The molecular formula is C4H10O2Zr. The summed E-state index contributed by atoms with van der Waals surface area (Å²) in [4.78, 5) is 0. The maximum absolute atomic E-state index is 8.33. The second-order valence-electron chi connectivity index (χ2n) is 1.05. The van der Waals surface area contributed by atoms with Crippen LogP contribution in [0.4, 0.5) is 0 Å². The number of aliphatic hydroxyl groups excluding tert-OH is 1. The van der Waals surface area contributed by atoms with Crippen LogP contribution < -0.4 is 0 Å². The quantitative estimate of drug-likeness (QED) is 0.623. The molecule has 0 radical (unpaired) electrons. The van der Waals surface area contributed by atoms with Gasteiger partial charge in [0, 0.05) is 32.8 Å². The first kappa shape index (κ1) is 10.7. The van der Waals surface area contributed by atoms with Crippen LogP contribution in [-0.2, 0) is 30.9 Å². The number of ether oxygens (including phenoxy) is 1. The summed E-state index contributed by atoms with van der Waals surface area (Å²) < 4.78 is 4.60. The molecule has 0 bridgehead atoms. The van der Waals surface area contributed by atoms with Gasteiger partial charge in [-0.2, -0.15) is 0 Å². The number of aliphatic hydroxyl groups is 1. The molecular weight excluding hydrogens is 171 g/mol. The minimum absolute atomic E-state index is 0. The van der Waals surface area contributed by atoms with E-state index >= 15 is 0 Å². The van der Waals surface area contributed by atoms with Gasteiger partial charge in [-0.1, -0.05) is 0 Å². The molecule has 0 aliphatic rings. The van der Waals surface area contributed by atoms with Gasteiger partial charge in [0.25, 0.3) is 0 Å². The van der Waals surface area contributed by atoms with Crippen LogP contribution in [0.2, 0.25) is 0 Å². The Labute approximate surface area is 63.0 Å². The largest absolute Gasteiger partial charge is 0.368 e. The van der Waals surface area contributed by atoms with Gasteiger partial charge in [-0.25, -0.2) is 0 Å². The van der Waals surface area contributed by atoms with Crippen molar-refractivity contribution in [3.8, 4) is 0 Å². The van der Waals surface area contributed by atoms with Crippen LogP contribution in [-0.4, -0.2) is 18.0 Å². The Morgan fingerprint density at radius 2 is 2.14 bits per heavy atom.